The highest BCUT2D eigenvalue weighted by molar-refractivity contribution is 5.95. The highest BCUT2D eigenvalue weighted by atomic mass is 16.4. The van der Waals surface area contributed by atoms with Crippen molar-refractivity contribution in [3.8, 4) is 0 Å². The minimum atomic E-state index is -1.66. The van der Waals surface area contributed by atoms with Crippen LogP contribution in [-0.2, 0) is 35.2 Å². The molecule has 0 bridgehead atoms. The van der Waals surface area contributed by atoms with Crippen LogP contribution in [0.5, 0.6) is 0 Å². The van der Waals surface area contributed by atoms with Gasteiger partial charge in [0, 0.05) is 36.4 Å². The molecule has 1 aromatic heterocycles. The largest absolute Gasteiger partial charge is 0.481 e. The van der Waals surface area contributed by atoms with Gasteiger partial charge in [0.2, 0.25) is 17.7 Å². The molecule has 2 rings (SSSR count). The fraction of sp³-hybridized carbons (Fsp3) is 0.417. The average Bonchev–Trinajstić information content (AvgIpc) is 3.29. The maximum absolute atomic E-state index is 13.2. The Kier molecular flexibility index (Phi) is 11.4. The molecule has 0 fully saturated rings. The second-order valence-electron chi connectivity index (χ2n) is 8.74. The molecule has 39 heavy (non-hydrogen) atoms. The Labute approximate surface area is 221 Å². The molecule has 10 N–H and O–H groups in total. The molecule has 212 valence electrons. The van der Waals surface area contributed by atoms with Crippen molar-refractivity contribution >= 4 is 46.5 Å². The number of nitrogens with one attached hydrogen (secondary N) is 4. The summed E-state index contributed by atoms with van der Waals surface area (Å²) in [7, 11) is 0. The quantitative estimate of drug-likeness (QED) is 0.114. The third-order valence-corrected chi connectivity index (χ3v) is 5.81. The number of nitrogens with two attached hydrogens (primary N) is 1. The minimum Gasteiger partial charge on any atom is -0.481 e. The van der Waals surface area contributed by atoms with Gasteiger partial charge in [-0.25, -0.2) is 4.79 Å². The number of aliphatic hydroxyl groups excluding tert-OH is 1. The summed E-state index contributed by atoms with van der Waals surface area (Å²) in [6.45, 7) is -0.916. The van der Waals surface area contributed by atoms with E-state index < -0.39 is 79.2 Å². The number of amides is 3. The molecular weight excluding hydrogens is 518 g/mol. The standard InChI is InChI=1S/C24H31N5O10/c25-14(5-7-19(31)32)21(35)27-16(6-8-20(33)34)22(36)28-17(23(37)29-18(11-30)24(38)39)9-12-10-26-15-4-2-1-3-13(12)15/h1-4,10,14,16-18,26,30H,5-9,11,25H2,(H,27,35)(H,28,36)(H,29,37)(H,31,32)(H,33,34)(H,38,39). The van der Waals surface area contributed by atoms with Crippen LogP contribution in [0.25, 0.3) is 10.9 Å². The van der Waals surface area contributed by atoms with E-state index >= 15 is 0 Å². The van der Waals surface area contributed by atoms with Crippen molar-refractivity contribution in [2.75, 3.05) is 6.61 Å². The number of carbonyl (C=O) groups is 6. The molecular formula is C24H31N5O10. The highest BCUT2D eigenvalue weighted by Crippen LogP contribution is 2.19. The lowest BCUT2D eigenvalue weighted by molar-refractivity contribution is -0.143. The second kappa shape index (κ2) is 14.4. The van der Waals surface area contributed by atoms with Gasteiger partial charge in [-0.3, -0.25) is 24.0 Å². The molecule has 0 aliphatic heterocycles. The topological polar surface area (TPSA) is 261 Å². The first-order valence-corrected chi connectivity index (χ1v) is 11.9. The molecule has 4 unspecified atom stereocenters. The van der Waals surface area contributed by atoms with E-state index in [4.69, 9.17) is 15.9 Å². The lowest BCUT2D eigenvalue weighted by atomic mass is 10.0. The Morgan fingerprint density at radius 3 is 1.97 bits per heavy atom. The highest BCUT2D eigenvalue weighted by Gasteiger charge is 2.31. The summed E-state index contributed by atoms with van der Waals surface area (Å²) in [5, 5.41) is 44.0. The fourth-order valence-electron chi connectivity index (χ4n) is 3.69. The Hall–Kier alpha value is -4.50. The maximum Gasteiger partial charge on any atom is 0.328 e. The number of fused-ring (bicyclic) bond motifs is 1. The first kappa shape index (κ1) is 30.7. The van der Waals surface area contributed by atoms with Crippen molar-refractivity contribution in [3.05, 3.63) is 36.0 Å². The summed E-state index contributed by atoms with van der Waals surface area (Å²) in [5.41, 5.74) is 7.01. The fourth-order valence-corrected chi connectivity index (χ4v) is 3.69. The van der Waals surface area contributed by atoms with Gasteiger partial charge in [0.05, 0.1) is 12.6 Å². The Bertz CT molecular complexity index is 1210. The molecule has 4 atom stereocenters. The second-order valence-corrected chi connectivity index (χ2v) is 8.74. The number of rotatable bonds is 16. The molecule has 1 heterocycles. The molecule has 0 spiro atoms. The number of carbonyl (C=O) groups excluding carboxylic acids is 3. The number of hydrogen-bond donors (Lipinski definition) is 9. The monoisotopic (exact) mass is 549 g/mol. The van der Waals surface area contributed by atoms with Gasteiger partial charge in [-0.05, 0) is 24.5 Å². The van der Waals surface area contributed by atoms with E-state index in [2.05, 4.69) is 20.9 Å². The zero-order valence-corrected chi connectivity index (χ0v) is 20.8. The predicted octanol–water partition coefficient (Wildman–Crippen LogP) is -1.70. The summed E-state index contributed by atoms with van der Waals surface area (Å²) in [4.78, 5) is 74.9. The summed E-state index contributed by atoms with van der Waals surface area (Å²) in [5.74, 6) is -6.76. The minimum absolute atomic E-state index is 0.128. The summed E-state index contributed by atoms with van der Waals surface area (Å²) >= 11 is 0. The van der Waals surface area contributed by atoms with Gasteiger partial charge in [-0.2, -0.15) is 0 Å². The van der Waals surface area contributed by atoms with Crippen LogP contribution in [0, 0.1) is 0 Å². The van der Waals surface area contributed by atoms with E-state index in [0.29, 0.717) is 5.56 Å². The van der Waals surface area contributed by atoms with Gasteiger partial charge in [-0.1, -0.05) is 18.2 Å². The van der Waals surface area contributed by atoms with Crippen LogP contribution < -0.4 is 21.7 Å². The number of aliphatic carboxylic acids is 3. The molecule has 0 saturated heterocycles. The Morgan fingerprint density at radius 2 is 1.36 bits per heavy atom. The number of benzene rings is 1. The first-order valence-electron chi connectivity index (χ1n) is 11.9. The van der Waals surface area contributed by atoms with E-state index in [9.17, 15) is 39.0 Å². The van der Waals surface area contributed by atoms with Crippen LogP contribution in [0.15, 0.2) is 30.5 Å². The number of H-pyrrole nitrogens is 1. The SMILES string of the molecule is NC(CCC(=O)O)C(=O)NC(CCC(=O)O)C(=O)NC(Cc1c[nH]c2ccccc12)C(=O)NC(CO)C(=O)O. The number of carboxylic acid groups (broad SMARTS) is 3. The van der Waals surface area contributed by atoms with Crippen molar-refractivity contribution in [3.63, 3.8) is 0 Å². The maximum atomic E-state index is 13.2. The number of para-hydroxylation sites is 1. The normalized spacial score (nSPS) is 14.0. The number of hydrogen-bond acceptors (Lipinski definition) is 8. The van der Waals surface area contributed by atoms with Crippen molar-refractivity contribution in [1.82, 2.24) is 20.9 Å². The zero-order chi connectivity index (χ0) is 29.1. The summed E-state index contributed by atoms with van der Waals surface area (Å²) in [6.07, 6.45) is -0.0944. The number of aliphatic hydroxyl groups is 1. The van der Waals surface area contributed by atoms with Gasteiger partial charge in [0.25, 0.3) is 0 Å². The van der Waals surface area contributed by atoms with Crippen molar-refractivity contribution in [1.29, 1.82) is 0 Å². The number of aromatic amines is 1. The molecule has 15 nitrogen and oxygen atoms in total. The molecule has 0 radical (unpaired) electrons. The van der Waals surface area contributed by atoms with Crippen molar-refractivity contribution in [2.45, 2.75) is 56.3 Å². The molecule has 1 aromatic carbocycles. The predicted molar refractivity (Wildman–Crippen MR) is 134 cm³/mol. The van der Waals surface area contributed by atoms with E-state index in [1.807, 2.05) is 0 Å². The van der Waals surface area contributed by atoms with Crippen LogP contribution in [0.2, 0.25) is 0 Å². The van der Waals surface area contributed by atoms with Crippen LogP contribution in [0.3, 0.4) is 0 Å². The van der Waals surface area contributed by atoms with Crippen LogP contribution in [0.4, 0.5) is 0 Å². The van der Waals surface area contributed by atoms with Crippen molar-refractivity contribution < 1.29 is 49.2 Å². The lowest BCUT2D eigenvalue weighted by Crippen LogP contribution is -2.58. The zero-order valence-electron chi connectivity index (χ0n) is 20.8. The summed E-state index contributed by atoms with van der Waals surface area (Å²) in [6, 6.07) is 1.27. The molecule has 3 amide bonds. The van der Waals surface area contributed by atoms with Crippen LogP contribution >= 0.6 is 0 Å². The van der Waals surface area contributed by atoms with E-state index in [1.165, 1.54) is 0 Å². The number of carboxylic acids is 3. The third-order valence-electron chi connectivity index (χ3n) is 5.81. The average molecular weight is 550 g/mol. The number of aromatic nitrogens is 1. The van der Waals surface area contributed by atoms with Crippen LogP contribution in [-0.4, -0.2) is 91.8 Å². The van der Waals surface area contributed by atoms with E-state index in [1.54, 1.807) is 30.5 Å². The van der Waals surface area contributed by atoms with Gasteiger partial charge < -0.3 is 47.1 Å². The molecule has 2 aromatic rings. The Morgan fingerprint density at radius 1 is 0.795 bits per heavy atom. The first-order chi connectivity index (χ1) is 18.4. The molecule has 0 aliphatic rings. The lowest BCUT2D eigenvalue weighted by Gasteiger charge is -2.25. The smallest absolute Gasteiger partial charge is 0.328 e. The van der Waals surface area contributed by atoms with E-state index in [-0.39, 0.29) is 19.3 Å². The van der Waals surface area contributed by atoms with Gasteiger partial charge in [-0.15, -0.1) is 0 Å². The summed E-state index contributed by atoms with van der Waals surface area (Å²) < 4.78 is 0. The molecule has 15 heteroatoms. The molecule has 0 saturated carbocycles. The van der Waals surface area contributed by atoms with E-state index in [0.717, 1.165) is 10.9 Å². The van der Waals surface area contributed by atoms with Gasteiger partial charge >= 0.3 is 17.9 Å². The third kappa shape index (κ3) is 9.39. The Balaban J connectivity index is 2.29. The van der Waals surface area contributed by atoms with Crippen LogP contribution in [0.1, 0.15) is 31.2 Å². The van der Waals surface area contributed by atoms with Gasteiger partial charge in [0.1, 0.15) is 18.1 Å². The van der Waals surface area contributed by atoms with Gasteiger partial charge in [0.15, 0.2) is 0 Å². The van der Waals surface area contributed by atoms with Crippen molar-refractivity contribution in [2.24, 2.45) is 5.73 Å². The molecule has 0 aliphatic carbocycles.